The van der Waals surface area contributed by atoms with Gasteiger partial charge in [-0.05, 0) is 45.8 Å². The van der Waals surface area contributed by atoms with Crippen LogP contribution in [0.5, 0.6) is 11.5 Å². The topological polar surface area (TPSA) is 29.5 Å². The van der Waals surface area contributed by atoms with E-state index in [2.05, 4.69) is 6.58 Å². The van der Waals surface area contributed by atoms with Crippen molar-refractivity contribution in [3.05, 3.63) is 61.4 Å². The van der Waals surface area contributed by atoms with Crippen LogP contribution in [0.3, 0.4) is 0 Å². The van der Waals surface area contributed by atoms with Crippen molar-refractivity contribution in [3.8, 4) is 11.5 Å². The number of aromatic hydroxyl groups is 1. The molecule has 0 aliphatic carbocycles. The van der Waals surface area contributed by atoms with Crippen LogP contribution in [0.2, 0.25) is 0 Å². The van der Waals surface area contributed by atoms with E-state index in [0.29, 0.717) is 0 Å². The molecule has 1 N–H and O–H groups in total. The van der Waals surface area contributed by atoms with Crippen molar-refractivity contribution < 1.29 is 9.84 Å². The van der Waals surface area contributed by atoms with Gasteiger partial charge in [0.15, 0.2) is 0 Å². The predicted molar refractivity (Wildman–Crippen MR) is 73.9 cm³/mol. The van der Waals surface area contributed by atoms with Gasteiger partial charge in [-0.15, -0.1) is 0 Å². The lowest BCUT2D eigenvalue weighted by Gasteiger charge is -2.06. The second-order valence-electron chi connectivity index (χ2n) is 4.14. The van der Waals surface area contributed by atoms with Crippen molar-refractivity contribution in [3.63, 3.8) is 0 Å². The number of benzene rings is 3. The molecule has 2 heteroatoms. The lowest BCUT2D eigenvalue weighted by molar-refractivity contribution is 0.476. The number of hydrogen-bond donors (Lipinski definition) is 1. The van der Waals surface area contributed by atoms with E-state index >= 15 is 0 Å². The van der Waals surface area contributed by atoms with E-state index in [9.17, 15) is 5.11 Å². The quantitative estimate of drug-likeness (QED) is 0.533. The van der Waals surface area contributed by atoms with Gasteiger partial charge in [0.05, 0.1) is 6.26 Å². The fourth-order valence-corrected chi connectivity index (χ4v) is 2.21. The average Bonchev–Trinajstić information content (AvgIpc) is 2.38. The standard InChI is InChI=1S/C16H12O2/c1-2-18-14-6-8-16-12(10-14)4-3-11-9-13(17)5-7-15(11)16/h2-10,17H,1H2. The number of ether oxygens (including phenoxy) is 1. The van der Waals surface area contributed by atoms with Gasteiger partial charge in [-0.1, -0.05) is 30.8 Å². The minimum atomic E-state index is 0.286. The summed E-state index contributed by atoms with van der Waals surface area (Å²) in [6.45, 7) is 3.55. The Labute approximate surface area is 105 Å². The van der Waals surface area contributed by atoms with E-state index in [1.54, 1.807) is 12.1 Å². The number of hydrogen-bond acceptors (Lipinski definition) is 2. The first-order valence-corrected chi connectivity index (χ1v) is 5.71. The maximum absolute atomic E-state index is 9.49. The van der Waals surface area contributed by atoms with Gasteiger partial charge in [0.25, 0.3) is 0 Å². The molecule has 3 aromatic rings. The van der Waals surface area contributed by atoms with Crippen molar-refractivity contribution in [2.75, 3.05) is 0 Å². The van der Waals surface area contributed by atoms with Gasteiger partial charge in [-0.2, -0.15) is 0 Å². The van der Waals surface area contributed by atoms with Crippen LogP contribution in [-0.4, -0.2) is 5.11 Å². The van der Waals surface area contributed by atoms with Crippen LogP contribution in [0.15, 0.2) is 61.4 Å². The number of phenolic OH excluding ortho intramolecular Hbond substituents is 1. The third kappa shape index (κ3) is 1.68. The minimum Gasteiger partial charge on any atom is -0.508 e. The highest BCUT2D eigenvalue weighted by Crippen LogP contribution is 2.30. The van der Waals surface area contributed by atoms with Crippen LogP contribution < -0.4 is 4.74 Å². The molecule has 0 bridgehead atoms. The highest BCUT2D eigenvalue weighted by atomic mass is 16.5. The minimum absolute atomic E-state index is 0.286. The Balaban J connectivity index is 2.31. The Hall–Kier alpha value is -2.48. The van der Waals surface area contributed by atoms with Gasteiger partial charge < -0.3 is 9.84 Å². The Bertz CT molecular complexity index is 745. The van der Waals surface area contributed by atoms with Crippen LogP contribution in [0.4, 0.5) is 0 Å². The van der Waals surface area contributed by atoms with Crippen LogP contribution in [0, 0.1) is 0 Å². The summed E-state index contributed by atoms with van der Waals surface area (Å²) in [5.41, 5.74) is 0. The summed E-state index contributed by atoms with van der Waals surface area (Å²) in [4.78, 5) is 0. The third-order valence-corrected chi connectivity index (χ3v) is 3.01. The molecule has 0 aliphatic rings. The van der Waals surface area contributed by atoms with Gasteiger partial charge in [-0.3, -0.25) is 0 Å². The summed E-state index contributed by atoms with van der Waals surface area (Å²) < 4.78 is 5.27. The van der Waals surface area contributed by atoms with Gasteiger partial charge in [0.1, 0.15) is 11.5 Å². The first-order valence-electron chi connectivity index (χ1n) is 5.71. The van der Waals surface area contributed by atoms with E-state index < -0.39 is 0 Å². The summed E-state index contributed by atoms with van der Waals surface area (Å²) >= 11 is 0. The molecule has 0 aliphatic heterocycles. The monoisotopic (exact) mass is 236 g/mol. The van der Waals surface area contributed by atoms with Crippen molar-refractivity contribution in [1.82, 2.24) is 0 Å². The highest BCUT2D eigenvalue weighted by molar-refractivity contribution is 6.08. The molecule has 0 unspecified atom stereocenters. The third-order valence-electron chi connectivity index (χ3n) is 3.01. The molecular weight excluding hydrogens is 224 g/mol. The summed E-state index contributed by atoms with van der Waals surface area (Å²) in [5, 5.41) is 13.9. The molecule has 2 nitrogen and oxygen atoms in total. The molecule has 0 spiro atoms. The van der Waals surface area contributed by atoms with E-state index in [1.165, 1.54) is 6.26 Å². The summed E-state index contributed by atoms with van der Waals surface area (Å²) in [6, 6.07) is 15.3. The first kappa shape index (κ1) is 10.7. The number of phenols is 1. The lowest BCUT2D eigenvalue weighted by atomic mass is 10.0. The highest BCUT2D eigenvalue weighted by Gasteiger charge is 2.02. The zero-order chi connectivity index (χ0) is 12.5. The molecule has 0 aromatic heterocycles. The maximum atomic E-state index is 9.49. The lowest BCUT2D eigenvalue weighted by Crippen LogP contribution is -1.82. The Kier molecular flexibility index (Phi) is 2.41. The molecule has 18 heavy (non-hydrogen) atoms. The SMILES string of the molecule is C=COc1ccc2c(ccc3cc(O)ccc32)c1. The van der Waals surface area contributed by atoms with Crippen LogP contribution in [-0.2, 0) is 0 Å². The first-order chi connectivity index (χ1) is 8.78. The van der Waals surface area contributed by atoms with Gasteiger partial charge in [0, 0.05) is 0 Å². The van der Waals surface area contributed by atoms with Gasteiger partial charge >= 0.3 is 0 Å². The van der Waals surface area contributed by atoms with E-state index in [0.717, 1.165) is 27.3 Å². The fraction of sp³-hybridized carbons (Fsp3) is 0. The van der Waals surface area contributed by atoms with E-state index in [4.69, 9.17) is 4.74 Å². The second kappa shape index (κ2) is 4.08. The molecule has 0 fully saturated rings. The van der Waals surface area contributed by atoms with Crippen molar-refractivity contribution in [2.45, 2.75) is 0 Å². The maximum Gasteiger partial charge on any atom is 0.127 e. The molecule has 0 amide bonds. The molecule has 88 valence electrons. The Morgan fingerprint density at radius 3 is 2.28 bits per heavy atom. The van der Waals surface area contributed by atoms with Gasteiger partial charge in [-0.25, -0.2) is 0 Å². The van der Waals surface area contributed by atoms with Crippen LogP contribution in [0.1, 0.15) is 0 Å². The molecule has 0 saturated heterocycles. The van der Waals surface area contributed by atoms with Crippen molar-refractivity contribution in [2.24, 2.45) is 0 Å². The molecule has 0 atom stereocenters. The predicted octanol–water partition coefficient (Wildman–Crippen LogP) is 4.22. The average molecular weight is 236 g/mol. The summed E-state index contributed by atoms with van der Waals surface area (Å²) in [7, 11) is 0. The molecule has 3 rings (SSSR count). The Morgan fingerprint density at radius 1 is 0.889 bits per heavy atom. The van der Waals surface area contributed by atoms with Crippen LogP contribution >= 0.6 is 0 Å². The zero-order valence-corrected chi connectivity index (χ0v) is 9.76. The van der Waals surface area contributed by atoms with E-state index in [1.807, 2.05) is 36.4 Å². The van der Waals surface area contributed by atoms with Crippen molar-refractivity contribution in [1.29, 1.82) is 0 Å². The second-order valence-corrected chi connectivity index (χ2v) is 4.14. The zero-order valence-electron chi connectivity index (χ0n) is 9.76. The Morgan fingerprint density at radius 2 is 1.56 bits per heavy atom. The van der Waals surface area contributed by atoms with Gasteiger partial charge in [0.2, 0.25) is 0 Å². The molecule has 3 aromatic carbocycles. The smallest absolute Gasteiger partial charge is 0.127 e. The number of rotatable bonds is 2. The van der Waals surface area contributed by atoms with E-state index in [-0.39, 0.29) is 5.75 Å². The summed E-state index contributed by atoms with van der Waals surface area (Å²) in [6.07, 6.45) is 1.42. The number of fused-ring (bicyclic) bond motifs is 3. The normalized spacial score (nSPS) is 10.7. The largest absolute Gasteiger partial charge is 0.508 e. The molecule has 0 saturated carbocycles. The molecule has 0 heterocycles. The van der Waals surface area contributed by atoms with Crippen LogP contribution in [0.25, 0.3) is 21.5 Å². The van der Waals surface area contributed by atoms with Crippen molar-refractivity contribution >= 4 is 21.5 Å². The summed E-state index contributed by atoms with van der Waals surface area (Å²) in [5.74, 6) is 1.06. The fourth-order valence-electron chi connectivity index (χ4n) is 2.21. The molecular formula is C16H12O2. The molecule has 0 radical (unpaired) electrons.